The van der Waals surface area contributed by atoms with Crippen LogP contribution in [-0.4, -0.2) is 23.1 Å². The van der Waals surface area contributed by atoms with Gasteiger partial charge in [0.1, 0.15) is 5.01 Å². The van der Waals surface area contributed by atoms with Crippen molar-refractivity contribution in [3.05, 3.63) is 40.2 Å². The Balaban J connectivity index is 2.26. The molecule has 1 unspecified atom stereocenters. The van der Waals surface area contributed by atoms with E-state index >= 15 is 0 Å². The Morgan fingerprint density at radius 3 is 2.61 bits per heavy atom. The molecule has 0 radical (unpaired) electrons. The van der Waals surface area contributed by atoms with Gasteiger partial charge in [-0.15, -0.1) is 11.3 Å². The predicted molar refractivity (Wildman–Crippen MR) is 72.0 cm³/mol. The summed E-state index contributed by atoms with van der Waals surface area (Å²) in [4.78, 5) is 15.3. The van der Waals surface area contributed by atoms with Crippen LogP contribution in [0.4, 0.5) is 0 Å². The molecule has 1 atom stereocenters. The smallest absolute Gasteiger partial charge is 0.335 e. The fraction of sp³-hybridized carbons (Fsp3) is 0.231. The van der Waals surface area contributed by atoms with Crippen LogP contribution in [-0.2, 0) is 0 Å². The number of benzene rings is 1. The number of carbonyl (C=O) groups is 1. The van der Waals surface area contributed by atoms with E-state index in [4.69, 9.17) is 5.11 Å². The van der Waals surface area contributed by atoms with Gasteiger partial charge in [-0.25, -0.2) is 9.78 Å². The molecule has 1 aromatic heterocycles. The monoisotopic (exact) mass is 262 g/mol. The predicted octanol–water partition coefficient (Wildman–Crippen LogP) is 2.79. The molecule has 2 rings (SSSR count). The van der Waals surface area contributed by atoms with Crippen LogP contribution in [0, 0.1) is 0 Å². The molecule has 18 heavy (non-hydrogen) atoms. The van der Waals surface area contributed by atoms with Gasteiger partial charge in [-0.3, -0.25) is 0 Å². The zero-order chi connectivity index (χ0) is 13.1. The SMILES string of the molecule is CNC(C)c1nc(-c2ccc(C(=O)O)cc2)cs1. The van der Waals surface area contributed by atoms with Crippen molar-refractivity contribution in [3.8, 4) is 11.3 Å². The first kappa shape index (κ1) is 12.7. The number of rotatable bonds is 4. The van der Waals surface area contributed by atoms with Gasteiger partial charge >= 0.3 is 5.97 Å². The van der Waals surface area contributed by atoms with Gasteiger partial charge in [0.25, 0.3) is 0 Å². The molecule has 0 saturated heterocycles. The van der Waals surface area contributed by atoms with Crippen molar-refractivity contribution < 1.29 is 9.90 Å². The highest BCUT2D eigenvalue weighted by atomic mass is 32.1. The number of nitrogens with one attached hydrogen (secondary N) is 1. The molecule has 0 aliphatic heterocycles. The maximum atomic E-state index is 10.8. The number of thiazole rings is 1. The Bertz CT molecular complexity index is 548. The maximum Gasteiger partial charge on any atom is 0.335 e. The second-order valence-electron chi connectivity index (χ2n) is 3.96. The molecule has 0 spiro atoms. The summed E-state index contributed by atoms with van der Waals surface area (Å²) in [7, 11) is 1.90. The zero-order valence-corrected chi connectivity index (χ0v) is 11.0. The maximum absolute atomic E-state index is 10.8. The van der Waals surface area contributed by atoms with Crippen molar-refractivity contribution in [1.29, 1.82) is 0 Å². The first-order chi connectivity index (χ1) is 8.61. The third-order valence-electron chi connectivity index (χ3n) is 2.75. The first-order valence-corrected chi connectivity index (χ1v) is 6.46. The minimum Gasteiger partial charge on any atom is -0.478 e. The molecule has 0 fully saturated rings. The summed E-state index contributed by atoms with van der Waals surface area (Å²) in [6, 6.07) is 6.98. The lowest BCUT2D eigenvalue weighted by atomic mass is 10.1. The second-order valence-corrected chi connectivity index (χ2v) is 4.85. The van der Waals surface area contributed by atoms with Crippen LogP contribution < -0.4 is 5.32 Å². The van der Waals surface area contributed by atoms with Crippen LogP contribution in [0.2, 0.25) is 0 Å². The van der Waals surface area contributed by atoms with Crippen LogP contribution in [0.25, 0.3) is 11.3 Å². The van der Waals surface area contributed by atoms with Gasteiger partial charge < -0.3 is 10.4 Å². The molecule has 0 aliphatic carbocycles. The van der Waals surface area contributed by atoms with E-state index in [0.717, 1.165) is 16.3 Å². The Kier molecular flexibility index (Phi) is 3.74. The van der Waals surface area contributed by atoms with E-state index in [9.17, 15) is 4.79 Å². The van der Waals surface area contributed by atoms with Gasteiger partial charge in [0.2, 0.25) is 0 Å². The van der Waals surface area contributed by atoms with Gasteiger partial charge in [-0.1, -0.05) is 12.1 Å². The third kappa shape index (κ3) is 2.57. The van der Waals surface area contributed by atoms with Crippen molar-refractivity contribution in [2.45, 2.75) is 13.0 Å². The van der Waals surface area contributed by atoms with Crippen molar-refractivity contribution in [1.82, 2.24) is 10.3 Å². The molecule has 0 bridgehead atoms. The van der Waals surface area contributed by atoms with Crippen LogP contribution in [0.5, 0.6) is 0 Å². The average molecular weight is 262 g/mol. The second kappa shape index (κ2) is 5.29. The van der Waals surface area contributed by atoms with Crippen LogP contribution >= 0.6 is 11.3 Å². The molecule has 2 N–H and O–H groups in total. The lowest BCUT2D eigenvalue weighted by Gasteiger charge is -2.04. The Labute approximate surface area is 109 Å². The van der Waals surface area contributed by atoms with Gasteiger partial charge in [0, 0.05) is 10.9 Å². The molecule has 94 valence electrons. The summed E-state index contributed by atoms with van der Waals surface area (Å²) in [5, 5.41) is 15.0. The molecule has 5 heteroatoms. The van der Waals surface area contributed by atoms with Gasteiger partial charge in [0.05, 0.1) is 17.3 Å². The van der Waals surface area contributed by atoms with E-state index in [0.29, 0.717) is 0 Å². The number of hydrogen-bond acceptors (Lipinski definition) is 4. The summed E-state index contributed by atoms with van der Waals surface area (Å²) >= 11 is 1.60. The average Bonchev–Trinajstić information content (AvgIpc) is 2.87. The molecule has 0 saturated carbocycles. The van der Waals surface area contributed by atoms with E-state index in [2.05, 4.69) is 17.2 Å². The Morgan fingerprint density at radius 2 is 2.06 bits per heavy atom. The summed E-state index contributed by atoms with van der Waals surface area (Å²) in [5.41, 5.74) is 2.11. The van der Waals surface area contributed by atoms with E-state index in [1.165, 1.54) is 0 Å². The molecule has 4 nitrogen and oxygen atoms in total. The lowest BCUT2D eigenvalue weighted by Crippen LogP contribution is -2.11. The van der Waals surface area contributed by atoms with Gasteiger partial charge in [0.15, 0.2) is 0 Å². The topological polar surface area (TPSA) is 62.2 Å². The fourth-order valence-electron chi connectivity index (χ4n) is 1.53. The summed E-state index contributed by atoms with van der Waals surface area (Å²) in [5.74, 6) is -0.913. The molecule has 0 amide bonds. The van der Waals surface area contributed by atoms with Crippen LogP contribution in [0.3, 0.4) is 0 Å². The number of hydrogen-bond donors (Lipinski definition) is 2. The standard InChI is InChI=1S/C13H14N2O2S/c1-8(14-2)12-15-11(7-18-12)9-3-5-10(6-4-9)13(16)17/h3-8,14H,1-2H3,(H,16,17). The van der Waals surface area contributed by atoms with Crippen molar-refractivity contribution >= 4 is 17.3 Å². The van der Waals surface area contributed by atoms with Crippen molar-refractivity contribution in [2.24, 2.45) is 0 Å². The summed E-state index contributed by atoms with van der Waals surface area (Å²) < 4.78 is 0. The summed E-state index contributed by atoms with van der Waals surface area (Å²) in [6.45, 7) is 2.05. The zero-order valence-electron chi connectivity index (χ0n) is 10.2. The highest BCUT2D eigenvalue weighted by Gasteiger charge is 2.10. The minimum atomic E-state index is -0.913. The molecule has 1 aromatic carbocycles. The largest absolute Gasteiger partial charge is 0.478 e. The van der Waals surface area contributed by atoms with E-state index in [-0.39, 0.29) is 11.6 Å². The minimum absolute atomic E-state index is 0.224. The Hall–Kier alpha value is -1.72. The fourth-order valence-corrected chi connectivity index (χ4v) is 2.42. The quantitative estimate of drug-likeness (QED) is 0.889. The number of carboxylic acids is 1. The van der Waals surface area contributed by atoms with E-state index in [1.807, 2.05) is 12.4 Å². The molecule has 2 aromatic rings. The number of carboxylic acid groups (broad SMARTS) is 1. The highest BCUT2D eigenvalue weighted by Crippen LogP contribution is 2.25. The van der Waals surface area contributed by atoms with Crippen LogP contribution in [0.15, 0.2) is 29.6 Å². The number of aromatic carboxylic acids is 1. The van der Waals surface area contributed by atoms with Gasteiger partial charge in [-0.05, 0) is 26.1 Å². The highest BCUT2D eigenvalue weighted by molar-refractivity contribution is 7.10. The Morgan fingerprint density at radius 1 is 1.39 bits per heavy atom. The number of nitrogens with zero attached hydrogens (tertiary/aromatic N) is 1. The van der Waals surface area contributed by atoms with E-state index < -0.39 is 5.97 Å². The normalized spacial score (nSPS) is 12.3. The van der Waals surface area contributed by atoms with Crippen LogP contribution in [0.1, 0.15) is 28.3 Å². The molecular formula is C13H14N2O2S. The molecule has 1 heterocycles. The van der Waals surface area contributed by atoms with Gasteiger partial charge in [-0.2, -0.15) is 0 Å². The first-order valence-electron chi connectivity index (χ1n) is 5.58. The molecule has 0 aliphatic rings. The third-order valence-corrected chi connectivity index (χ3v) is 3.78. The van der Waals surface area contributed by atoms with E-state index in [1.54, 1.807) is 35.6 Å². The van der Waals surface area contributed by atoms with Crippen molar-refractivity contribution in [2.75, 3.05) is 7.05 Å². The lowest BCUT2D eigenvalue weighted by molar-refractivity contribution is 0.0697. The summed E-state index contributed by atoms with van der Waals surface area (Å²) in [6.07, 6.45) is 0. The number of aromatic nitrogens is 1. The van der Waals surface area contributed by atoms with Crippen molar-refractivity contribution in [3.63, 3.8) is 0 Å². The molecular weight excluding hydrogens is 248 g/mol.